The van der Waals surface area contributed by atoms with Gasteiger partial charge < -0.3 is 0 Å². The van der Waals surface area contributed by atoms with Gasteiger partial charge in [0.25, 0.3) is 0 Å². The van der Waals surface area contributed by atoms with Gasteiger partial charge in [-0.3, -0.25) is 14.7 Å². The molecule has 2 aromatic heterocycles. The van der Waals surface area contributed by atoms with E-state index in [9.17, 15) is 9.59 Å². The Bertz CT molecular complexity index is 759. The molecule has 0 unspecified atom stereocenters. The zero-order valence-corrected chi connectivity index (χ0v) is 11.8. The average Bonchev–Trinajstić information content (AvgIpc) is 2.91. The number of H-pyrrole nitrogens is 1. The smallest absolute Gasteiger partial charge is 0.200 e. The van der Waals surface area contributed by atoms with Crippen LogP contribution in [-0.4, -0.2) is 31.7 Å². The van der Waals surface area contributed by atoms with Gasteiger partial charge in [-0.05, 0) is 24.6 Å². The first kappa shape index (κ1) is 14.1. The predicted molar refractivity (Wildman–Crippen MR) is 80.0 cm³/mol. The SMILES string of the molecule is O=C(CCC(=O)c1ncccn1)C1=CCc2cn[nH]c2C=C1. The molecule has 0 amide bonds. The third-order valence-electron chi connectivity index (χ3n) is 3.44. The molecule has 0 atom stereocenters. The first-order valence-corrected chi connectivity index (χ1v) is 6.98. The molecule has 2 aromatic rings. The Morgan fingerprint density at radius 3 is 2.68 bits per heavy atom. The maximum absolute atomic E-state index is 12.2. The number of ketones is 2. The van der Waals surface area contributed by atoms with E-state index in [0.29, 0.717) is 12.0 Å². The topological polar surface area (TPSA) is 88.6 Å². The van der Waals surface area contributed by atoms with Gasteiger partial charge in [0, 0.05) is 36.4 Å². The summed E-state index contributed by atoms with van der Waals surface area (Å²) < 4.78 is 0. The van der Waals surface area contributed by atoms with Crippen LogP contribution in [0.2, 0.25) is 0 Å². The van der Waals surface area contributed by atoms with Gasteiger partial charge in [-0.25, -0.2) is 9.97 Å². The molecule has 0 saturated heterocycles. The monoisotopic (exact) mass is 294 g/mol. The summed E-state index contributed by atoms with van der Waals surface area (Å²) in [6, 6.07) is 1.65. The highest BCUT2D eigenvalue weighted by Gasteiger charge is 2.15. The van der Waals surface area contributed by atoms with Crippen molar-refractivity contribution in [3.63, 3.8) is 0 Å². The zero-order chi connectivity index (χ0) is 15.4. The van der Waals surface area contributed by atoms with Gasteiger partial charge in [0.1, 0.15) is 0 Å². The first-order chi connectivity index (χ1) is 10.7. The fourth-order valence-electron chi connectivity index (χ4n) is 2.22. The van der Waals surface area contributed by atoms with Crippen molar-refractivity contribution >= 4 is 17.6 Å². The molecule has 1 aliphatic carbocycles. The fraction of sp³-hybridized carbons (Fsp3) is 0.188. The van der Waals surface area contributed by atoms with E-state index >= 15 is 0 Å². The molecule has 0 radical (unpaired) electrons. The van der Waals surface area contributed by atoms with Gasteiger partial charge in [-0.15, -0.1) is 0 Å². The molecule has 0 aliphatic heterocycles. The molecule has 0 saturated carbocycles. The van der Waals surface area contributed by atoms with Crippen LogP contribution in [0.1, 0.15) is 34.7 Å². The third-order valence-corrected chi connectivity index (χ3v) is 3.44. The van der Waals surface area contributed by atoms with E-state index in [1.807, 2.05) is 12.2 Å². The molecule has 3 rings (SSSR count). The van der Waals surface area contributed by atoms with Crippen molar-refractivity contribution in [3.8, 4) is 0 Å². The number of carbonyl (C=O) groups excluding carboxylic acids is 2. The van der Waals surface area contributed by atoms with E-state index < -0.39 is 0 Å². The molecule has 110 valence electrons. The van der Waals surface area contributed by atoms with Gasteiger partial charge >= 0.3 is 0 Å². The Kier molecular flexibility index (Phi) is 4.00. The Morgan fingerprint density at radius 2 is 1.86 bits per heavy atom. The van der Waals surface area contributed by atoms with Crippen LogP contribution in [0, 0.1) is 0 Å². The lowest BCUT2D eigenvalue weighted by atomic mass is 10.0. The summed E-state index contributed by atoms with van der Waals surface area (Å²) in [4.78, 5) is 31.9. The van der Waals surface area contributed by atoms with Crippen LogP contribution in [0.15, 0.2) is 42.4 Å². The highest BCUT2D eigenvalue weighted by Crippen LogP contribution is 2.17. The number of hydrogen-bond acceptors (Lipinski definition) is 5. The van der Waals surface area contributed by atoms with Gasteiger partial charge in [-0.2, -0.15) is 5.10 Å². The molecule has 1 N–H and O–H groups in total. The van der Waals surface area contributed by atoms with Crippen molar-refractivity contribution < 1.29 is 9.59 Å². The summed E-state index contributed by atoms with van der Waals surface area (Å²) in [5, 5.41) is 6.84. The number of allylic oxidation sites excluding steroid dienone is 3. The lowest BCUT2D eigenvalue weighted by Gasteiger charge is -2.01. The summed E-state index contributed by atoms with van der Waals surface area (Å²) in [7, 11) is 0. The lowest BCUT2D eigenvalue weighted by Crippen LogP contribution is -2.09. The van der Waals surface area contributed by atoms with E-state index in [2.05, 4.69) is 20.2 Å². The summed E-state index contributed by atoms with van der Waals surface area (Å²) in [6.45, 7) is 0. The minimum atomic E-state index is -0.221. The van der Waals surface area contributed by atoms with Gasteiger partial charge in [0.15, 0.2) is 17.4 Å². The molecular weight excluding hydrogens is 280 g/mol. The van der Waals surface area contributed by atoms with E-state index in [1.165, 1.54) is 12.4 Å². The van der Waals surface area contributed by atoms with E-state index in [0.717, 1.165) is 11.3 Å². The number of Topliss-reactive ketones (excluding diaryl/α,β-unsaturated/α-hetero) is 2. The zero-order valence-electron chi connectivity index (χ0n) is 11.8. The summed E-state index contributed by atoms with van der Waals surface area (Å²) in [6.07, 6.45) is 11.2. The lowest BCUT2D eigenvalue weighted by molar-refractivity contribution is -0.115. The van der Waals surface area contributed by atoms with Gasteiger partial charge in [0.05, 0.1) is 11.9 Å². The normalized spacial score (nSPS) is 13.2. The van der Waals surface area contributed by atoms with Crippen molar-refractivity contribution in [2.45, 2.75) is 19.3 Å². The number of hydrogen-bond donors (Lipinski definition) is 1. The van der Waals surface area contributed by atoms with E-state index in [-0.39, 0.29) is 30.2 Å². The number of fused-ring (bicyclic) bond motifs is 1. The van der Waals surface area contributed by atoms with Crippen molar-refractivity contribution in [2.24, 2.45) is 0 Å². The minimum absolute atomic E-state index is 0.0568. The highest BCUT2D eigenvalue weighted by atomic mass is 16.1. The number of aromatic amines is 1. The second kappa shape index (κ2) is 6.26. The first-order valence-electron chi connectivity index (χ1n) is 6.98. The number of nitrogens with one attached hydrogen (secondary N) is 1. The highest BCUT2D eigenvalue weighted by molar-refractivity contribution is 6.02. The minimum Gasteiger partial charge on any atom is -0.294 e. The summed E-state index contributed by atoms with van der Waals surface area (Å²) >= 11 is 0. The molecule has 0 spiro atoms. The largest absolute Gasteiger partial charge is 0.294 e. The second-order valence-corrected chi connectivity index (χ2v) is 4.92. The average molecular weight is 294 g/mol. The maximum Gasteiger partial charge on any atom is 0.200 e. The summed E-state index contributed by atoms with van der Waals surface area (Å²) in [5.74, 6) is -0.123. The Balaban J connectivity index is 1.61. The Morgan fingerprint density at radius 1 is 1.09 bits per heavy atom. The quantitative estimate of drug-likeness (QED) is 0.851. The number of rotatable bonds is 5. The van der Waals surface area contributed by atoms with E-state index in [4.69, 9.17) is 0 Å². The molecule has 1 aliphatic rings. The Labute approximate surface area is 127 Å². The fourth-order valence-corrected chi connectivity index (χ4v) is 2.22. The van der Waals surface area contributed by atoms with Gasteiger partial charge in [0.2, 0.25) is 0 Å². The molecule has 6 heteroatoms. The standard InChI is InChI=1S/C16H14N4O2/c21-14(6-7-15(22)16-17-8-1-9-18-16)11-2-3-12-10-19-20-13(12)5-4-11/h1-2,4-5,8-10H,3,6-7H2,(H,19,20). The Hall–Kier alpha value is -2.89. The van der Waals surface area contributed by atoms with Crippen molar-refractivity contribution in [3.05, 3.63) is 59.5 Å². The van der Waals surface area contributed by atoms with Crippen LogP contribution < -0.4 is 0 Å². The van der Waals surface area contributed by atoms with Crippen LogP contribution >= 0.6 is 0 Å². The molecular formula is C16H14N4O2. The van der Waals surface area contributed by atoms with Crippen LogP contribution in [-0.2, 0) is 11.2 Å². The third kappa shape index (κ3) is 3.06. The summed E-state index contributed by atoms with van der Waals surface area (Å²) in [5.41, 5.74) is 2.58. The second-order valence-electron chi connectivity index (χ2n) is 4.92. The van der Waals surface area contributed by atoms with Gasteiger partial charge in [-0.1, -0.05) is 6.08 Å². The molecule has 0 aromatic carbocycles. The molecule has 6 nitrogen and oxygen atoms in total. The van der Waals surface area contributed by atoms with Crippen LogP contribution in [0.25, 0.3) is 6.08 Å². The van der Waals surface area contributed by atoms with Crippen LogP contribution in [0.3, 0.4) is 0 Å². The molecule has 0 fully saturated rings. The number of aromatic nitrogens is 4. The maximum atomic E-state index is 12.2. The molecule has 22 heavy (non-hydrogen) atoms. The van der Waals surface area contributed by atoms with Crippen LogP contribution in [0.4, 0.5) is 0 Å². The number of carbonyl (C=O) groups is 2. The van der Waals surface area contributed by atoms with Crippen molar-refractivity contribution in [1.82, 2.24) is 20.2 Å². The molecule has 0 bridgehead atoms. The van der Waals surface area contributed by atoms with E-state index in [1.54, 1.807) is 18.3 Å². The molecule has 2 heterocycles. The van der Waals surface area contributed by atoms with Crippen LogP contribution in [0.5, 0.6) is 0 Å². The number of nitrogens with zero attached hydrogens (tertiary/aromatic N) is 3. The van der Waals surface area contributed by atoms with Crippen molar-refractivity contribution in [2.75, 3.05) is 0 Å². The van der Waals surface area contributed by atoms with Crippen molar-refractivity contribution in [1.29, 1.82) is 0 Å². The predicted octanol–water partition coefficient (Wildman–Crippen LogP) is 1.93.